The molecule has 1 amide bonds. The average Bonchev–Trinajstić information content (AvgIpc) is 3.50. The molecule has 13 heteroatoms. The summed E-state index contributed by atoms with van der Waals surface area (Å²) in [5.41, 5.74) is 4.55. The van der Waals surface area contributed by atoms with Gasteiger partial charge in [-0.1, -0.05) is 12.1 Å². The van der Waals surface area contributed by atoms with Gasteiger partial charge in [0.05, 0.1) is 26.9 Å². The number of aromatic nitrogens is 4. The van der Waals surface area contributed by atoms with Crippen LogP contribution in [-0.2, 0) is 14.6 Å². The number of nitrogens with zero attached hydrogens (tertiary/aromatic N) is 5. The number of carbonyl (C=O) groups is 1. The summed E-state index contributed by atoms with van der Waals surface area (Å²) >= 11 is 0. The van der Waals surface area contributed by atoms with Gasteiger partial charge in [-0.3, -0.25) is 10.00 Å². The number of likely N-dealkylation sites (tertiary alicyclic amines) is 1. The molecule has 2 N–H and O–H groups in total. The van der Waals surface area contributed by atoms with E-state index in [1.54, 1.807) is 38.1 Å². The molecule has 2 aromatic carbocycles. The van der Waals surface area contributed by atoms with E-state index in [1.165, 1.54) is 5.56 Å². The van der Waals surface area contributed by atoms with Crippen molar-refractivity contribution in [2.45, 2.75) is 95.1 Å². The molecule has 47 heavy (non-hydrogen) atoms. The predicted molar refractivity (Wildman–Crippen MR) is 180 cm³/mol. The lowest BCUT2D eigenvalue weighted by molar-refractivity contribution is 0.0520. The fourth-order valence-corrected chi connectivity index (χ4v) is 7.70. The molecule has 3 aliphatic rings. The number of aryl methyl sites for hydroxylation is 2. The Morgan fingerprint density at radius 3 is 2.55 bits per heavy atom. The third-order valence-electron chi connectivity index (χ3n) is 9.61. The number of piperidine rings is 1. The van der Waals surface area contributed by atoms with Crippen LogP contribution in [0.4, 0.5) is 27.9 Å². The molecule has 2 aromatic heterocycles. The molecule has 7 rings (SSSR count). The van der Waals surface area contributed by atoms with Gasteiger partial charge < -0.3 is 19.7 Å². The molecule has 1 atom stereocenters. The van der Waals surface area contributed by atoms with E-state index in [2.05, 4.69) is 34.6 Å². The Kier molecular flexibility index (Phi) is 7.57. The molecule has 2 fully saturated rings. The first-order chi connectivity index (χ1) is 22.3. The van der Waals surface area contributed by atoms with Gasteiger partial charge in [0, 0.05) is 18.8 Å². The summed E-state index contributed by atoms with van der Waals surface area (Å²) in [5, 5.41) is 10.8. The van der Waals surface area contributed by atoms with Crippen molar-refractivity contribution in [3.63, 3.8) is 0 Å². The van der Waals surface area contributed by atoms with E-state index in [-0.39, 0.29) is 16.6 Å². The van der Waals surface area contributed by atoms with Crippen molar-refractivity contribution >= 4 is 50.1 Å². The summed E-state index contributed by atoms with van der Waals surface area (Å²) in [5.74, 6) is 1.86. The van der Waals surface area contributed by atoms with Crippen LogP contribution < -0.4 is 15.0 Å². The van der Waals surface area contributed by atoms with Crippen LogP contribution in [0.25, 0.3) is 11.0 Å². The summed E-state index contributed by atoms with van der Waals surface area (Å²) in [4.78, 5) is 26.4. The van der Waals surface area contributed by atoms with Gasteiger partial charge in [0.15, 0.2) is 21.7 Å². The zero-order chi connectivity index (χ0) is 33.2. The van der Waals surface area contributed by atoms with Crippen molar-refractivity contribution in [1.82, 2.24) is 25.1 Å². The second-order valence-electron chi connectivity index (χ2n) is 13.5. The van der Waals surface area contributed by atoms with Crippen molar-refractivity contribution in [2.24, 2.45) is 0 Å². The molecule has 1 saturated heterocycles. The van der Waals surface area contributed by atoms with Crippen molar-refractivity contribution in [3.8, 4) is 5.75 Å². The molecular weight excluding hydrogens is 618 g/mol. The number of carbonyl (C=O) groups excluding carboxylic acids is 1. The number of hydrogen-bond acceptors (Lipinski definition) is 10. The fourth-order valence-electron chi connectivity index (χ4n) is 6.49. The molecule has 4 heterocycles. The lowest BCUT2D eigenvalue weighted by atomic mass is 9.86. The first kappa shape index (κ1) is 31.2. The van der Waals surface area contributed by atoms with E-state index in [0.717, 1.165) is 48.4 Å². The quantitative estimate of drug-likeness (QED) is 0.222. The maximum absolute atomic E-state index is 13.2. The van der Waals surface area contributed by atoms with Crippen LogP contribution in [0.2, 0.25) is 0 Å². The highest BCUT2D eigenvalue weighted by atomic mass is 32.2. The molecule has 0 spiro atoms. The minimum absolute atomic E-state index is 0.204. The second-order valence-corrected chi connectivity index (χ2v) is 15.9. The Bertz CT molecular complexity index is 1980. The maximum Gasteiger partial charge on any atom is 0.410 e. The largest absolute Gasteiger partial charge is 0.468 e. The number of benzene rings is 2. The fraction of sp³-hybridized carbons (Fsp3) is 0.471. The van der Waals surface area contributed by atoms with E-state index in [0.29, 0.717) is 47.5 Å². The lowest BCUT2D eigenvalue weighted by Gasteiger charge is -2.33. The predicted octanol–water partition coefficient (Wildman–Crippen LogP) is 6.64. The highest BCUT2D eigenvalue weighted by Crippen LogP contribution is 2.46. The number of hydrogen-bond donors (Lipinski definition) is 2. The van der Waals surface area contributed by atoms with Crippen LogP contribution in [-0.4, -0.2) is 69.7 Å². The zero-order valence-corrected chi connectivity index (χ0v) is 28.4. The molecule has 1 aliphatic carbocycles. The number of nitrogens with one attached hydrogen (secondary N) is 2. The Labute approximate surface area is 274 Å². The number of sulfone groups is 1. The number of anilines is 4. The van der Waals surface area contributed by atoms with Gasteiger partial charge in [0.1, 0.15) is 17.2 Å². The Hall–Kier alpha value is -4.39. The highest BCUT2D eigenvalue weighted by molar-refractivity contribution is 7.92. The van der Waals surface area contributed by atoms with Crippen LogP contribution in [0.5, 0.6) is 5.75 Å². The summed E-state index contributed by atoms with van der Waals surface area (Å²) in [6, 6.07) is 11.1. The van der Waals surface area contributed by atoms with Crippen molar-refractivity contribution in [2.75, 3.05) is 23.3 Å². The number of ether oxygens (including phenoxy) is 2. The Morgan fingerprint density at radius 2 is 1.85 bits per heavy atom. The molecule has 4 aromatic rings. The monoisotopic (exact) mass is 659 g/mol. The number of amides is 1. The zero-order valence-electron chi connectivity index (χ0n) is 27.6. The van der Waals surface area contributed by atoms with E-state index >= 15 is 0 Å². The van der Waals surface area contributed by atoms with Crippen LogP contribution in [0.3, 0.4) is 0 Å². The molecule has 12 nitrogen and oxygen atoms in total. The van der Waals surface area contributed by atoms with Crippen molar-refractivity contribution in [1.29, 1.82) is 0 Å². The van der Waals surface area contributed by atoms with Gasteiger partial charge in [0.25, 0.3) is 0 Å². The molecule has 0 bridgehead atoms. The van der Waals surface area contributed by atoms with E-state index in [4.69, 9.17) is 19.4 Å². The Balaban J connectivity index is 1.18. The van der Waals surface area contributed by atoms with E-state index < -0.39 is 21.3 Å². The number of rotatable bonds is 7. The molecule has 248 valence electrons. The standard InChI is InChI=1S/C34H41N7O5S/c1-19(2)47(43,44)28-10-8-7-9-25(28)35-30-29-21(4)38-39-31(29)37-32(36-30)41-22(5)45-27-18-24(20(3)17-26(27)41)23-11-15-40(16-12-23)33(42)46-34(6)13-14-34/h7-10,17-19,22-23H,11-16H2,1-6H3,(H2,35,36,37,38,39). The van der Waals surface area contributed by atoms with Gasteiger partial charge in [0.2, 0.25) is 5.95 Å². The normalized spacial score (nSPS) is 19.2. The van der Waals surface area contributed by atoms with Gasteiger partial charge in [-0.25, -0.2) is 13.2 Å². The minimum atomic E-state index is -3.57. The number of H-pyrrole nitrogens is 1. The summed E-state index contributed by atoms with van der Waals surface area (Å²) in [6.45, 7) is 12.6. The third-order valence-corrected chi connectivity index (χ3v) is 11.8. The third kappa shape index (κ3) is 5.64. The van der Waals surface area contributed by atoms with Gasteiger partial charge >= 0.3 is 6.09 Å². The molecular formula is C34H41N7O5S. The summed E-state index contributed by atoms with van der Waals surface area (Å²) in [7, 11) is -3.57. The molecule has 0 radical (unpaired) electrons. The summed E-state index contributed by atoms with van der Waals surface area (Å²) in [6.07, 6.45) is 2.98. The van der Waals surface area contributed by atoms with Crippen LogP contribution in [0, 0.1) is 13.8 Å². The van der Waals surface area contributed by atoms with Gasteiger partial charge in [-0.2, -0.15) is 15.1 Å². The molecule has 1 unspecified atom stereocenters. The van der Waals surface area contributed by atoms with Crippen LogP contribution in [0.15, 0.2) is 41.3 Å². The maximum atomic E-state index is 13.2. The van der Waals surface area contributed by atoms with Gasteiger partial charge in [-0.15, -0.1) is 0 Å². The van der Waals surface area contributed by atoms with Crippen molar-refractivity contribution < 1.29 is 22.7 Å². The first-order valence-corrected chi connectivity index (χ1v) is 17.8. The highest BCUT2D eigenvalue weighted by Gasteiger charge is 2.43. The van der Waals surface area contributed by atoms with Crippen molar-refractivity contribution in [3.05, 3.63) is 53.2 Å². The topological polar surface area (TPSA) is 143 Å². The number of aromatic amines is 1. The second kappa shape index (κ2) is 11.4. The Morgan fingerprint density at radius 1 is 1.13 bits per heavy atom. The van der Waals surface area contributed by atoms with Gasteiger partial charge in [-0.05, 0) is 109 Å². The smallest absolute Gasteiger partial charge is 0.410 e. The summed E-state index contributed by atoms with van der Waals surface area (Å²) < 4.78 is 38.5. The lowest BCUT2D eigenvalue weighted by Crippen LogP contribution is -2.40. The number of fused-ring (bicyclic) bond motifs is 2. The van der Waals surface area contributed by atoms with Crippen LogP contribution in [0.1, 0.15) is 76.1 Å². The average molecular weight is 660 g/mol. The first-order valence-electron chi connectivity index (χ1n) is 16.3. The number of para-hydroxylation sites is 1. The van der Waals surface area contributed by atoms with Crippen LogP contribution >= 0.6 is 0 Å². The molecule has 2 aliphatic heterocycles. The minimum Gasteiger partial charge on any atom is -0.468 e. The van der Waals surface area contributed by atoms with E-state index in [9.17, 15) is 13.2 Å². The molecule has 1 saturated carbocycles. The SMILES string of the molecule is Cc1cc2c(cc1C1CCN(C(=O)OC3(C)CC3)CC1)OC(C)N2c1nc(Nc2ccccc2S(=O)(=O)C(C)C)c2c(C)[nH]nc2n1. The van der Waals surface area contributed by atoms with E-state index in [1.807, 2.05) is 30.6 Å².